The first kappa shape index (κ1) is 24.1. The van der Waals surface area contributed by atoms with Crippen LogP contribution in [0.25, 0.3) is 10.9 Å². The van der Waals surface area contributed by atoms with Crippen LogP contribution in [0.1, 0.15) is 30.8 Å². The molecule has 0 aliphatic carbocycles. The summed E-state index contributed by atoms with van der Waals surface area (Å²) in [5.41, 5.74) is 3.58. The van der Waals surface area contributed by atoms with E-state index in [1.807, 2.05) is 25.1 Å². The molecule has 0 bridgehead atoms. The number of nitrogens with one attached hydrogen (secondary N) is 2. The Bertz CT molecular complexity index is 1350. The molecule has 0 saturated carbocycles. The summed E-state index contributed by atoms with van der Waals surface area (Å²) in [5, 5.41) is 7.32. The van der Waals surface area contributed by atoms with Crippen LogP contribution in [-0.4, -0.2) is 27.2 Å². The molecule has 0 unspecified atom stereocenters. The van der Waals surface area contributed by atoms with Gasteiger partial charge in [-0.15, -0.1) is 0 Å². The molecular formula is C26H25F3N6. The van der Waals surface area contributed by atoms with E-state index in [0.717, 1.165) is 40.1 Å². The minimum Gasteiger partial charge on any atom is -0.381 e. The molecule has 0 fully saturated rings. The summed E-state index contributed by atoms with van der Waals surface area (Å²) in [6, 6.07) is 14.8. The minimum atomic E-state index is -4.39. The van der Waals surface area contributed by atoms with Gasteiger partial charge in [-0.2, -0.15) is 13.2 Å². The molecule has 2 aromatic heterocycles. The van der Waals surface area contributed by atoms with E-state index in [4.69, 9.17) is 0 Å². The normalized spacial score (nSPS) is 12.0. The van der Waals surface area contributed by atoms with Crippen LogP contribution >= 0.6 is 0 Å². The van der Waals surface area contributed by atoms with Crippen LogP contribution in [0.15, 0.2) is 65.8 Å². The molecule has 2 aromatic carbocycles. The van der Waals surface area contributed by atoms with Crippen molar-refractivity contribution in [1.82, 2.24) is 15.0 Å². The van der Waals surface area contributed by atoms with Crippen LogP contribution in [0, 0.1) is 6.92 Å². The standard InChI is InChI=1S/C26H25F3N6/c1-16(2)32-23-9-5-8-22-17(3)33-25(35-24(22)23)30-13-12-19-10-11-21(15-31-19)34-20-7-4-6-18(14-20)26(27,28)29/h4-11,13-16,32,34H,12H2,1-3H3. The number of hydrogen-bond acceptors (Lipinski definition) is 6. The third-order valence-corrected chi connectivity index (χ3v) is 5.16. The lowest BCUT2D eigenvalue weighted by atomic mass is 10.1. The Morgan fingerprint density at radius 3 is 2.51 bits per heavy atom. The lowest BCUT2D eigenvalue weighted by Gasteiger charge is -2.13. The van der Waals surface area contributed by atoms with E-state index in [9.17, 15) is 13.2 Å². The number of para-hydroxylation sites is 1. The summed E-state index contributed by atoms with van der Waals surface area (Å²) in [6.07, 6.45) is -0.666. The Labute approximate surface area is 201 Å². The lowest BCUT2D eigenvalue weighted by Crippen LogP contribution is -2.10. The third kappa shape index (κ3) is 6.11. The molecule has 0 spiro atoms. The van der Waals surface area contributed by atoms with Crippen LogP contribution in [0.4, 0.5) is 36.2 Å². The molecule has 180 valence electrons. The number of aliphatic imine (C=N–C) groups is 1. The van der Waals surface area contributed by atoms with Gasteiger partial charge in [-0.05, 0) is 57.2 Å². The largest absolute Gasteiger partial charge is 0.416 e. The van der Waals surface area contributed by atoms with Gasteiger partial charge in [-0.3, -0.25) is 4.98 Å². The van der Waals surface area contributed by atoms with Gasteiger partial charge >= 0.3 is 6.18 Å². The highest BCUT2D eigenvalue weighted by molar-refractivity contribution is 5.92. The number of benzene rings is 2. The molecular weight excluding hydrogens is 453 g/mol. The third-order valence-electron chi connectivity index (χ3n) is 5.16. The Hall–Kier alpha value is -4.01. The van der Waals surface area contributed by atoms with Gasteiger partial charge < -0.3 is 10.6 Å². The highest BCUT2D eigenvalue weighted by Gasteiger charge is 2.30. The van der Waals surface area contributed by atoms with Crippen LogP contribution in [0.2, 0.25) is 0 Å². The predicted octanol–water partition coefficient (Wildman–Crippen LogP) is 6.86. The van der Waals surface area contributed by atoms with Gasteiger partial charge in [-0.25, -0.2) is 15.0 Å². The summed E-state index contributed by atoms with van der Waals surface area (Å²) in [7, 11) is 0. The number of halogens is 3. The maximum atomic E-state index is 12.9. The minimum absolute atomic E-state index is 0.264. The first-order chi connectivity index (χ1) is 16.7. The molecule has 4 rings (SSSR count). The van der Waals surface area contributed by atoms with Gasteiger partial charge in [0.15, 0.2) is 0 Å². The average Bonchev–Trinajstić information content (AvgIpc) is 2.80. The molecule has 0 radical (unpaired) electrons. The lowest BCUT2D eigenvalue weighted by molar-refractivity contribution is -0.137. The number of pyridine rings is 1. The van der Waals surface area contributed by atoms with Crippen molar-refractivity contribution < 1.29 is 13.2 Å². The molecule has 0 amide bonds. The molecule has 9 heteroatoms. The number of alkyl halides is 3. The number of aromatic nitrogens is 3. The van der Waals surface area contributed by atoms with E-state index in [-0.39, 0.29) is 6.04 Å². The Morgan fingerprint density at radius 2 is 1.80 bits per heavy atom. The number of rotatable bonds is 7. The Balaban J connectivity index is 1.45. The van der Waals surface area contributed by atoms with Crippen molar-refractivity contribution in [3.8, 4) is 0 Å². The van der Waals surface area contributed by atoms with Crippen molar-refractivity contribution in [1.29, 1.82) is 0 Å². The van der Waals surface area contributed by atoms with Crippen LogP contribution in [0.3, 0.4) is 0 Å². The maximum absolute atomic E-state index is 12.9. The summed E-state index contributed by atoms with van der Waals surface area (Å²) >= 11 is 0. The van der Waals surface area contributed by atoms with Crippen molar-refractivity contribution >= 4 is 40.1 Å². The van der Waals surface area contributed by atoms with Crippen molar-refractivity contribution in [2.24, 2.45) is 4.99 Å². The topological polar surface area (TPSA) is 75.1 Å². The molecule has 2 heterocycles. The van der Waals surface area contributed by atoms with Crippen molar-refractivity contribution in [2.75, 3.05) is 10.6 Å². The van der Waals surface area contributed by atoms with E-state index >= 15 is 0 Å². The Morgan fingerprint density at radius 1 is 1.00 bits per heavy atom. The first-order valence-electron chi connectivity index (χ1n) is 11.1. The van der Waals surface area contributed by atoms with Gasteiger partial charge in [0.25, 0.3) is 0 Å². The van der Waals surface area contributed by atoms with E-state index in [0.29, 0.717) is 23.7 Å². The molecule has 4 aromatic rings. The fourth-order valence-corrected chi connectivity index (χ4v) is 3.56. The molecule has 0 atom stereocenters. The second kappa shape index (κ2) is 10.1. The zero-order valence-electron chi connectivity index (χ0n) is 19.6. The zero-order valence-corrected chi connectivity index (χ0v) is 19.6. The summed E-state index contributed by atoms with van der Waals surface area (Å²) < 4.78 is 38.7. The average molecular weight is 479 g/mol. The summed E-state index contributed by atoms with van der Waals surface area (Å²) in [6.45, 7) is 6.07. The smallest absolute Gasteiger partial charge is 0.381 e. The van der Waals surface area contributed by atoms with Crippen LogP contribution in [0.5, 0.6) is 0 Å². The van der Waals surface area contributed by atoms with Gasteiger partial charge in [-0.1, -0.05) is 18.2 Å². The quantitative estimate of drug-likeness (QED) is 0.284. The Kier molecular flexibility index (Phi) is 6.95. The monoisotopic (exact) mass is 478 g/mol. The second-order valence-electron chi connectivity index (χ2n) is 8.37. The van der Waals surface area contributed by atoms with Crippen LogP contribution < -0.4 is 10.6 Å². The fraction of sp³-hybridized carbons (Fsp3) is 0.231. The van der Waals surface area contributed by atoms with Crippen molar-refractivity contribution in [2.45, 2.75) is 39.4 Å². The SMILES string of the molecule is Cc1nc(N=CCc2ccc(Nc3cccc(C(F)(F)F)c3)cn2)nc2c(NC(C)C)cccc12. The highest BCUT2D eigenvalue weighted by atomic mass is 19.4. The van der Waals surface area contributed by atoms with Crippen molar-refractivity contribution in [3.63, 3.8) is 0 Å². The number of nitrogens with zero attached hydrogens (tertiary/aromatic N) is 4. The van der Waals surface area contributed by atoms with E-state index in [2.05, 4.69) is 44.4 Å². The molecule has 0 aliphatic rings. The fourth-order valence-electron chi connectivity index (χ4n) is 3.56. The van der Waals surface area contributed by atoms with E-state index in [1.165, 1.54) is 6.07 Å². The van der Waals surface area contributed by atoms with Crippen LogP contribution in [-0.2, 0) is 12.6 Å². The van der Waals surface area contributed by atoms with Gasteiger partial charge in [0.1, 0.15) is 0 Å². The van der Waals surface area contributed by atoms with E-state index < -0.39 is 11.7 Å². The van der Waals surface area contributed by atoms with Gasteiger partial charge in [0.2, 0.25) is 5.95 Å². The number of aryl methyl sites for hydroxylation is 1. The first-order valence-corrected chi connectivity index (χ1v) is 11.1. The molecule has 35 heavy (non-hydrogen) atoms. The maximum Gasteiger partial charge on any atom is 0.416 e. The highest BCUT2D eigenvalue weighted by Crippen LogP contribution is 2.31. The van der Waals surface area contributed by atoms with Gasteiger partial charge in [0, 0.05) is 35.4 Å². The predicted molar refractivity (Wildman–Crippen MR) is 134 cm³/mol. The number of fused-ring (bicyclic) bond motifs is 1. The second-order valence-corrected chi connectivity index (χ2v) is 8.37. The van der Waals surface area contributed by atoms with Gasteiger partial charge in [0.05, 0.1) is 34.3 Å². The van der Waals surface area contributed by atoms with Crippen molar-refractivity contribution in [3.05, 3.63) is 77.7 Å². The summed E-state index contributed by atoms with van der Waals surface area (Å²) in [5.74, 6) is 0.371. The van der Waals surface area contributed by atoms with E-state index in [1.54, 1.807) is 30.6 Å². The zero-order chi connectivity index (χ0) is 25.0. The molecule has 6 nitrogen and oxygen atoms in total. The molecule has 0 aliphatic heterocycles. The number of hydrogen-bond donors (Lipinski definition) is 2. The summed E-state index contributed by atoms with van der Waals surface area (Å²) in [4.78, 5) is 17.9. The molecule has 0 saturated heterocycles. The molecule has 2 N–H and O–H groups in total. The number of anilines is 3.